The molecular formula is C20H25N3O4. The highest BCUT2D eigenvalue weighted by Gasteiger charge is 2.29. The lowest BCUT2D eigenvalue weighted by atomic mass is 10.1. The van der Waals surface area contributed by atoms with E-state index in [1.807, 2.05) is 6.07 Å². The molecule has 2 aromatic rings. The van der Waals surface area contributed by atoms with Gasteiger partial charge in [-0.15, -0.1) is 0 Å². The van der Waals surface area contributed by atoms with Gasteiger partial charge in [0, 0.05) is 37.6 Å². The van der Waals surface area contributed by atoms with Crippen LogP contribution in [0.15, 0.2) is 24.4 Å². The SMILES string of the molecule is CCOC(=O)c1ccc(O)c2ncc(N3CCC(N4CCOCC4)C3)cc12. The topological polar surface area (TPSA) is 75.1 Å². The third kappa shape index (κ3) is 3.57. The number of ether oxygens (including phenoxy) is 2. The van der Waals surface area contributed by atoms with Gasteiger partial charge in [0.1, 0.15) is 11.3 Å². The zero-order valence-electron chi connectivity index (χ0n) is 15.6. The summed E-state index contributed by atoms with van der Waals surface area (Å²) in [4.78, 5) is 21.5. The Morgan fingerprint density at radius 2 is 2.15 bits per heavy atom. The number of rotatable bonds is 4. The average molecular weight is 371 g/mol. The number of hydrogen-bond acceptors (Lipinski definition) is 7. The molecule has 1 unspecified atom stereocenters. The highest BCUT2D eigenvalue weighted by Crippen LogP contribution is 2.31. The summed E-state index contributed by atoms with van der Waals surface area (Å²) in [6, 6.07) is 5.54. The van der Waals surface area contributed by atoms with Crippen LogP contribution >= 0.6 is 0 Å². The number of nitrogens with zero attached hydrogens (tertiary/aromatic N) is 3. The van der Waals surface area contributed by atoms with Crippen LogP contribution in [0.4, 0.5) is 5.69 Å². The van der Waals surface area contributed by atoms with Gasteiger partial charge in [0.15, 0.2) is 0 Å². The lowest BCUT2D eigenvalue weighted by molar-refractivity contribution is 0.0209. The van der Waals surface area contributed by atoms with Crippen LogP contribution < -0.4 is 4.90 Å². The number of benzene rings is 1. The molecule has 1 atom stereocenters. The fraction of sp³-hybridized carbons (Fsp3) is 0.500. The quantitative estimate of drug-likeness (QED) is 0.824. The van der Waals surface area contributed by atoms with E-state index in [1.54, 1.807) is 19.2 Å². The first-order valence-corrected chi connectivity index (χ1v) is 9.53. The first-order valence-electron chi connectivity index (χ1n) is 9.53. The molecule has 0 aliphatic carbocycles. The van der Waals surface area contributed by atoms with Crippen molar-refractivity contribution in [3.63, 3.8) is 0 Å². The summed E-state index contributed by atoms with van der Waals surface area (Å²) >= 11 is 0. The maximum Gasteiger partial charge on any atom is 0.338 e. The van der Waals surface area contributed by atoms with E-state index < -0.39 is 5.97 Å². The summed E-state index contributed by atoms with van der Waals surface area (Å²) in [5, 5.41) is 10.8. The summed E-state index contributed by atoms with van der Waals surface area (Å²) in [6.07, 6.45) is 2.88. The number of esters is 1. The fourth-order valence-corrected chi connectivity index (χ4v) is 3.97. The van der Waals surface area contributed by atoms with E-state index in [2.05, 4.69) is 14.8 Å². The van der Waals surface area contributed by atoms with Crippen LogP contribution in [0.2, 0.25) is 0 Å². The fourth-order valence-electron chi connectivity index (χ4n) is 3.97. The van der Waals surface area contributed by atoms with Gasteiger partial charge in [0.2, 0.25) is 0 Å². The van der Waals surface area contributed by atoms with Crippen molar-refractivity contribution >= 4 is 22.6 Å². The van der Waals surface area contributed by atoms with E-state index in [-0.39, 0.29) is 5.75 Å². The molecular weight excluding hydrogens is 346 g/mol. The van der Waals surface area contributed by atoms with Crippen molar-refractivity contribution in [3.05, 3.63) is 30.0 Å². The molecule has 0 bridgehead atoms. The van der Waals surface area contributed by atoms with Crippen molar-refractivity contribution in [1.82, 2.24) is 9.88 Å². The van der Waals surface area contributed by atoms with Crippen LogP contribution in [0.1, 0.15) is 23.7 Å². The minimum absolute atomic E-state index is 0.0669. The molecule has 3 heterocycles. The normalized spacial score (nSPS) is 20.9. The van der Waals surface area contributed by atoms with Gasteiger partial charge in [-0.3, -0.25) is 9.88 Å². The van der Waals surface area contributed by atoms with Gasteiger partial charge in [0.25, 0.3) is 0 Å². The molecule has 2 aliphatic rings. The largest absolute Gasteiger partial charge is 0.506 e. The van der Waals surface area contributed by atoms with Crippen LogP contribution in [0.25, 0.3) is 10.9 Å². The molecule has 2 fully saturated rings. The molecule has 0 saturated carbocycles. The number of anilines is 1. The molecule has 1 aromatic heterocycles. The van der Waals surface area contributed by atoms with Gasteiger partial charge < -0.3 is 19.5 Å². The van der Waals surface area contributed by atoms with E-state index in [0.29, 0.717) is 29.1 Å². The standard InChI is InChI=1S/C20H25N3O4/c1-2-27-20(25)16-3-4-18(24)19-17(16)11-15(12-21-19)23-6-5-14(13-23)22-7-9-26-10-8-22/h3-4,11-12,14,24H,2,5-10,13H2,1H3. The Morgan fingerprint density at radius 3 is 2.93 bits per heavy atom. The summed E-state index contributed by atoms with van der Waals surface area (Å²) < 4.78 is 10.6. The zero-order chi connectivity index (χ0) is 18.8. The average Bonchev–Trinajstić information content (AvgIpc) is 3.19. The Labute approximate surface area is 158 Å². The van der Waals surface area contributed by atoms with Crippen LogP contribution in [-0.2, 0) is 9.47 Å². The first kappa shape index (κ1) is 18.0. The Morgan fingerprint density at radius 1 is 1.33 bits per heavy atom. The molecule has 0 spiro atoms. The number of morpholine rings is 1. The minimum atomic E-state index is -0.394. The molecule has 27 heavy (non-hydrogen) atoms. The number of carbonyl (C=O) groups excluding carboxylic acids is 1. The molecule has 1 N–H and O–H groups in total. The highest BCUT2D eigenvalue weighted by atomic mass is 16.5. The van der Waals surface area contributed by atoms with Gasteiger partial charge in [-0.1, -0.05) is 0 Å². The van der Waals surface area contributed by atoms with Crippen LogP contribution in [0.3, 0.4) is 0 Å². The second-order valence-electron chi connectivity index (χ2n) is 6.98. The second-order valence-corrected chi connectivity index (χ2v) is 6.98. The van der Waals surface area contributed by atoms with Crippen molar-refractivity contribution in [1.29, 1.82) is 0 Å². The third-order valence-corrected chi connectivity index (χ3v) is 5.40. The zero-order valence-corrected chi connectivity index (χ0v) is 15.6. The van der Waals surface area contributed by atoms with E-state index in [0.717, 1.165) is 51.5 Å². The van der Waals surface area contributed by atoms with Crippen molar-refractivity contribution in [2.75, 3.05) is 50.9 Å². The second kappa shape index (κ2) is 7.70. The van der Waals surface area contributed by atoms with E-state index in [1.165, 1.54) is 6.07 Å². The van der Waals surface area contributed by atoms with Crippen molar-refractivity contribution in [2.24, 2.45) is 0 Å². The van der Waals surface area contributed by atoms with Crippen molar-refractivity contribution in [2.45, 2.75) is 19.4 Å². The lowest BCUT2D eigenvalue weighted by Crippen LogP contribution is -2.44. The number of phenolic OH excluding ortho intramolecular Hbond substituents is 1. The number of fused-ring (bicyclic) bond motifs is 1. The number of pyridine rings is 1. The molecule has 7 nitrogen and oxygen atoms in total. The molecule has 4 rings (SSSR count). The Kier molecular flexibility index (Phi) is 5.13. The van der Waals surface area contributed by atoms with Crippen LogP contribution in [-0.4, -0.2) is 73.0 Å². The van der Waals surface area contributed by atoms with Gasteiger partial charge in [-0.25, -0.2) is 4.79 Å². The molecule has 0 amide bonds. The minimum Gasteiger partial charge on any atom is -0.506 e. The van der Waals surface area contributed by atoms with Gasteiger partial charge >= 0.3 is 5.97 Å². The van der Waals surface area contributed by atoms with Crippen molar-refractivity contribution < 1.29 is 19.4 Å². The van der Waals surface area contributed by atoms with Crippen LogP contribution in [0, 0.1) is 0 Å². The number of aromatic nitrogens is 1. The molecule has 0 radical (unpaired) electrons. The molecule has 144 valence electrons. The van der Waals surface area contributed by atoms with Gasteiger partial charge in [0.05, 0.1) is 37.3 Å². The van der Waals surface area contributed by atoms with E-state index in [9.17, 15) is 9.90 Å². The third-order valence-electron chi connectivity index (χ3n) is 5.40. The summed E-state index contributed by atoms with van der Waals surface area (Å²) in [7, 11) is 0. The predicted octanol–water partition coefficient (Wildman–Crippen LogP) is 2.03. The Hall–Kier alpha value is -2.38. The predicted molar refractivity (Wildman–Crippen MR) is 102 cm³/mol. The summed E-state index contributed by atoms with van der Waals surface area (Å²) in [6.45, 7) is 7.53. The Bertz CT molecular complexity index is 835. The maximum absolute atomic E-state index is 12.3. The number of carbonyl (C=O) groups is 1. The molecule has 2 saturated heterocycles. The highest BCUT2D eigenvalue weighted by molar-refractivity contribution is 6.05. The molecule has 7 heteroatoms. The van der Waals surface area contributed by atoms with Crippen molar-refractivity contribution in [3.8, 4) is 5.75 Å². The van der Waals surface area contributed by atoms with E-state index >= 15 is 0 Å². The van der Waals surface area contributed by atoms with Gasteiger partial charge in [-0.2, -0.15) is 0 Å². The molecule has 2 aliphatic heterocycles. The van der Waals surface area contributed by atoms with Crippen LogP contribution in [0.5, 0.6) is 5.75 Å². The number of aromatic hydroxyl groups is 1. The monoisotopic (exact) mass is 371 g/mol. The molecule has 1 aromatic carbocycles. The first-order chi connectivity index (χ1) is 13.2. The number of phenols is 1. The number of hydrogen-bond donors (Lipinski definition) is 1. The van der Waals surface area contributed by atoms with Gasteiger partial charge in [-0.05, 0) is 31.5 Å². The summed E-state index contributed by atoms with van der Waals surface area (Å²) in [5.74, 6) is -0.328. The summed E-state index contributed by atoms with van der Waals surface area (Å²) in [5.41, 5.74) is 1.82. The smallest absolute Gasteiger partial charge is 0.338 e. The Balaban J connectivity index is 1.61. The van der Waals surface area contributed by atoms with E-state index in [4.69, 9.17) is 9.47 Å². The maximum atomic E-state index is 12.3. The lowest BCUT2D eigenvalue weighted by Gasteiger charge is -2.32.